The summed E-state index contributed by atoms with van der Waals surface area (Å²) in [6.07, 6.45) is 2.24. The van der Waals surface area contributed by atoms with E-state index in [0.717, 1.165) is 10.9 Å². The highest BCUT2D eigenvalue weighted by atomic mass is 16.3. The fraction of sp³-hybridized carbons (Fsp3) is 0.100. The predicted octanol–water partition coefficient (Wildman–Crippen LogP) is 2.95. The first-order chi connectivity index (χ1) is 14.0. The minimum Gasteiger partial charge on any atom is -0.508 e. The van der Waals surface area contributed by atoms with E-state index in [9.17, 15) is 15.0 Å². The van der Waals surface area contributed by atoms with Crippen LogP contribution in [0, 0.1) is 0 Å². The zero-order valence-corrected chi connectivity index (χ0v) is 15.5. The summed E-state index contributed by atoms with van der Waals surface area (Å²) in [6, 6.07) is 11.3. The van der Waals surface area contributed by atoms with Crippen LogP contribution in [0.3, 0.4) is 0 Å². The maximum absolute atomic E-state index is 11.5. The van der Waals surface area contributed by atoms with Crippen molar-refractivity contribution in [2.45, 2.75) is 13.3 Å². The molecule has 0 unspecified atom stereocenters. The van der Waals surface area contributed by atoms with Crippen molar-refractivity contribution in [1.29, 1.82) is 0 Å². The van der Waals surface area contributed by atoms with Gasteiger partial charge in [0.25, 0.3) is 0 Å². The number of benzene rings is 2. The maximum Gasteiger partial charge on any atom is 0.319 e. The maximum atomic E-state index is 11.5. The lowest BCUT2D eigenvalue weighted by molar-refractivity contribution is 0.259. The summed E-state index contributed by atoms with van der Waals surface area (Å²) in [4.78, 5) is 15.9. The molecule has 0 aliphatic heterocycles. The lowest BCUT2D eigenvalue weighted by atomic mass is 10.1. The molecule has 2 aromatic carbocycles. The highest BCUT2D eigenvalue weighted by Gasteiger charge is 2.22. The van der Waals surface area contributed by atoms with E-state index >= 15 is 0 Å². The van der Waals surface area contributed by atoms with Crippen molar-refractivity contribution in [3.63, 3.8) is 0 Å². The number of urea groups is 1. The van der Waals surface area contributed by atoms with Crippen molar-refractivity contribution in [1.82, 2.24) is 19.7 Å². The van der Waals surface area contributed by atoms with E-state index in [-0.39, 0.29) is 23.3 Å². The number of carbonyl (C=O) groups excluding carboxylic acids is 1. The number of aromatic nitrogens is 4. The molecule has 5 N–H and O–H groups in total. The number of nitrogens with one attached hydrogen (secondary N) is 1. The number of phenols is 2. The van der Waals surface area contributed by atoms with Crippen LogP contribution in [0.2, 0.25) is 0 Å². The first kappa shape index (κ1) is 18.2. The van der Waals surface area contributed by atoms with Crippen LogP contribution in [-0.4, -0.2) is 36.0 Å². The van der Waals surface area contributed by atoms with E-state index in [4.69, 9.17) is 5.73 Å². The van der Waals surface area contributed by atoms with E-state index in [1.54, 1.807) is 22.9 Å². The number of pyridine rings is 1. The summed E-state index contributed by atoms with van der Waals surface area (Å²) in [6.45, 7) is 1.89. The van der Waals surface area contributed by atoms with Gasteiger partial charge in [0.1, 0.15) is 11.5 Å². The van der Waals surface area contributed by atoms with E-state index in [1.807, 2.05) is 31.2 Å². The van der Waals surface area contributed by atoms with Gasteiger partial charge >= 0.3 is 6.03 Å². The van der Waals surface area contributed by atoms with Gasteiger partial charge in [0, 0.05) is 17.6 Å². The Hall–Kier alpha value is -4.14. The lowest BCUT2D eigenvalue weighted by Gasteiger charge is -2.14. The van der Waals surface area contributed by atoms with E-state index < -0.39 is 6.03 Å². The number of amides is 2. The molecule has 29 heavy (non-hydrogen) atoms. The molecule has 0 saturated carbocycles. The Balaban J connectivity index is 2.03. The molecule has 9 nitrogen and oxygen atoms in total. The highest BCUT2D eigenvalue weighted by molar-refractivity contribution is 5.91. The molecule has 146 valence electrons. The summed E-state index contributed by atoms with van der Waals surface area (Å²) in [5.74, 6) is 0.189. The normalized spacial score (nSPS) is 10.9. The second kappa shape index (κ2) is 7.12. The van der Waals surface area contributed by atoms with Crippen molar-refractivity contribution in [2.24, 2.45) is 5.73 Å². The summed E-state index contributed by atoms with van der Waals surface area (Å²) < 4.78 is 1.58. The molecule has 4 aromatic rings. The average Bonchev–Trinajstić information content (AvgIpc) is 3.10. The quantitative estimate of drug-likeness (QED) is 0.422. The summed E-state index contributed by atoms with van der Waals surface area (Å²) >= 11 is 0. The SMILES string of the molecule is CCc1cc(-c2nnc(NC(N)=O)n2-c2cccc3ncccc23)c(O)cc1O. The summed E-state index contributed by atoms with van der Waals surface area (Å²) in [5.41, 5.74) is 7.67. The fourth-order valence-corrected chi connectivity index (χ4v) is 3.24. The van der Waals surface area contributed by atoms with Crippen LogP contribution in [0.25, 0.3) is 28.0 Å². The van der Waals surface area contributed by atoms with Gasteiger partial charge in [-0.3, -0.25) is 14.9 Å². The summed E-state index contributed by atoms with van der Waals surface area (Å²) in [5, 5.41) is 32.0. The Morgan fingerprint density at radius 1 is 1.14 bits per heavy atom. The topological polar surface area (TPSA) is 139 Å². The highest BCUT2D eigenvalue weighted by Crippen LogP contribution is 2.37. The van der Waals surface area contributed by atoms with Crippen LogP contribution >= 0.6 is 0 Å². The van der Waals surface area contributed by atoms with Gasteiger partial charge in [-0.15, -0.1) is 10.2 Å². The Kier molecular flexibility index (Phi) is 4.47. The number of hydrogen-bond acceptors (Lipinski definition) is 6. The van der Waals surface area contributed by atoms with Crippen molar-refractivity contribution >= 4 is 22.9 Å². The Morgan fingerprint density at radius 3 is 2.72 bits per heavy atom. The van der Waals surface area contributed by atoms with Gasteiger partial charge < -0.3 is 15.9 Å². The number of rotatable bonds is 4. The standard InChI is InChI=1S/C20H18N6O3/c1-2-11-9-13(17(28)10-16(11)27)18-24-25-20(23-19(21)29)26(18)15-7-3-6-14-12(15)5-4-8-22-14/h3-10,27-28H,2H2,1H3,(H3,21,23,25,29). The van der Waals surface area contributed by atoms with Gasteiger partial charge in [0.05, 0.1) is 16.8 Å². The molecule has 0 saturated heterocycles. The Bertz CT molecular complexity index is 1230. The van der Waals surface area contributed by atoms with Gasteiger partial charge in [-0.1, -0.05) is 13.0 Å². The molecule has 0 atom stereocenters. The number of hydrogen-bond donors (Lipinski definition) is 4. The second-order valence-corrected chi connectivity index (χ2v) is 6.37. The monoisotopic (exact) mass is 390 g/mol. The number of carbonyl (C=O) groups is 1. The number of aromatic hydroxyl groups is 2. The largest absolute Gasteiger partial charge is 0.508 e. The van der Waals surface area contributed by atoms with Crippen LogP contribution < -0.4 is 11.1 Å². The number of primary amides is 1. The van der Waals surface area contributed by atoms with Crippen molar-refractivity contribution < 1.29 is 15.0 Å². The van der Waals surface area contributed by atoms with Crippen LogP contribution in [0.15, 0.2) is 48.7 Å². The molecule has 0 bridgehead atoms. The van der Waals surface area contributed by atoms with Crippen molar-refractivity contribution in [3.8, 4) is 28.6 Å². The second-order valence-electron chi connectivity index (χ2n) is 6.37. The molecule has 0 aliphatic rings. The van der Waals surface area contributed by atoms with Crippen LogP contribution in [0.4, 0.5) is 10.7 Å². The molecule has 0 aliphatic carbocycles. The zero-order valence-electron chi connectivity index (χ0n) is 15.5. The molecule has 0 spiro atoms. The Morgan fingerprint density at radius 2 is 1.97 bits per heavy atom. The van der Waals surface area contributed by atoms with Gasteiger partial charge in [0.2, 0.25) is 5.95 Å². The van der Waals surface area contributed by atoms with Gasteiger partial charge in [-0.25, -0.2) is 4.79 Å². The molecule has 2 aromatic heterocycles. The third-order valence-corrected chi connectivity index (χ3v) is 4.58. The Labute approximate surface area is 165 Å². The molecule has 2 heterocycles. The smallest absolute Gasteiger partial charge is 0.319 e. The van der Waals surface area contributed by atoms with Crippen LogP contribution in [0.5, 0.6) is 11.5 Å². The van der Waals surface area contributed by atoms with E-state index in [2.05, 4.69) is 20.5 Å². The molecule has 9 heteroatoms. The number of nitrogens with two attached hydrogens (primary N) is 1. The number of nitrogens with zero attached hydrogens (tertiary/aromatic N) is 4. The molecule has 4 rings (SSSR count). The summed E-state index contributed by atoms with van der Waals surface area (Å²) in [7, 11) is 0. The third-order valence-electron chi connectivity index (χ3n) is 4.58. The molecular formula is C20H18N6O3. The lowest BCUT2D eigenvalue weighted by Crippen LogP contribution is -2.22. The number of anilines is 1. The molecular weight excluding hydrogens is 372 g/mol. The van der Waals surface area contributed by atoms with Crippen molar-refractivity contribution in [3.05, 3.63) is 54.2 Å². The average molecular weight is 390 g/mol. The fourth-order valence-electron chi connectivity index (χ4n) is 3.24. The van der Waals surface area contributed by atoms with E-state index in [0.29, 0.717) is 23.2 Å². The van der Waals surface area contributed by atoms with Gasteiger partial charge in [-0.05, 0) is 42.3 Å². The molecule has 0 fully saturated rings. The first-order valence-electron chi connectivity index (χ1n) is 8.90. The minimum absolute atomic E-state index is 0.00957. The van der Waals surface area contributed by atoms with E-state index in [1.165, 1.54) is 6.07 Å². The number of aryl methyl sites for hydroxylation is 1. The predicted molar refractivity (Wildman–Crippen MR) is 108 cm³/mol. The van der Waals surface area contributed by atoms with Crippen LogP contribution in [0.1, 0.15) is 12.5 Å². The zero-order chi connectivity index (χ0) is 20.5. The third kappa shape index (κ3) is 3.18. The minimum atomic E-state index is -0.798. The van der Waals surface area contributed by atoms with Gasteiger partial charge in [0.15, 0.2) is 5.82 Å². The number of fused-ring (bicyclic) bond motifs is 1. The van der Waals surface area contributed by atoms with Crippen LogP contribution in [-0.2, 0) is 6.42 Å². The van der Waals surface area contributed by atoms with Gasteiger partial charge in [-0.2, -0.15) is 0 Å². The molecule has 0 radical (unpaired) electrons. The number of phenolic OH excluding ortho intramolecular Hbond substituents is 2. The van der Waals surface area contributed by atoms with Crippen molar-refractivity contribution in [2.75, 3.05) is 5.32 Å². The first-order valence-corrected chi connectivity index (χ1v) is 8.90. The molecule has 2 amide bonds.